The van der Waals surface area contributed by atoms with E-state index in [9.17, 15) is 0 Å². The number of hydrogen-bond acceptors (Lipinski definition) is 2. The van der Waals surface area contributed by atoms with E-state index >= 15 is 0 Å². The standard InChI is InChI=1S/C19H36N2/c1-18(2,3)10-8-7-9-12-20-14-16-21(17-15-20)13-11-19(4,5)6/h9-17H2,1-6H3. The van der Waals surface area contributed by atoms with Crippen LogP contribution in [0.3, 0.4) is 0 Å². The van der Waals surface area contributed by atoms with E-state index in [2.05, 4.69) is 63.2 Å². The van der Waals surface area contributed by atoms with Crippen molar-refractivity contribution in [3.63, 3.8) is 0 Å². The molecule has 0 saturated carbocycles. The summed E-state index contributed by atoms with van der Waals surface area (Å²) in [5, 5.41) is 0. The van der Waals surface area contributed by atoms with Crippen molar-refractivity contribution in [1.82, 2.24) is 9.80 Å². The molecule has 0 aliphatic carbocycles. The van der Waals surface area contributed by atoms with E-state index in [1.165, 1.54) is 39.1 Å². The number of rotatable bonds is 4. The van der Waals surface area contributed by atoms with E-state index in [0.29, 0.717) is 10.8 Å². The highest BCUT2D eigenvalue weighted by molar-refractivity contribution is 5.01. The Balaban J connectivity index is 2.13. The normalized spacial score (nSPS) is 18.4. The minimum atomic E-state index is 0.339. The van der Waals surface area contributed by atoms with Gasteiger partial charge in [0.15, 0.2) is 0 Å². The topological polar surface area (TPSA) is 6.48 Å². The lowest BCUT2D eigenvalue weighted by molar-refractivity contribution is 0.123. The molecule has 1 saturated heterocycles. The average Bonchev–Trinajstić information content (AvgIpc) is 2.35. The van der Waals surface area contributed by atoms with Crippen LogP contribution in [0.4, 0.5) is 0 Å². The van der Waals surface area contributed by atoms with Crippen molar-refractivity contribution in [2.24, 2.45) is 10.8 Å². The molecule has 0 bridgehead atoms. The van der Waals surface area contributed by atoms with E-state index < -0.39 is 0 Å². The highest BCUT2D eigenvalue weighted by atomic mass is 15.3. The summed E-state index contributed by atoms with van der Waals surface area (Å²) in [5.41, 5.74) is 0.797. The molecular formula is C19H36N2. The van der Waals surface area contributed by atoms with Crippen molar-refractivity contribution in [3.8, 4) is 11.8 Å². The zero-order chi connectivity index (χ0) is 15.9. The third-order valence-corrected chi connectivity index (χ3v) is 3.94. The second-order valence-electron chi connectivity index (χ2n) is 8.83. The van der Waals surface area contributed by atoms with Gasteiger partial charge in [-0.1, -0.05) is 41.5 Å². The molecule has 1 rings (SSSR count). The fourth-order valence-corrected chi connectivity index (χ4v) is 2.36. The zero-order valence-corrected chi connectivity index (χ0v) is 15.3. The quantitative estimate of drug-likeness (QED) is 0.726. The van der Waals surface area contributed by atoms with Gasteiger partial charge in [-0.15, -0.1) is 11.8 Å². The summed E-state index contributed by atoms with van der Waals surface area (Å²) in [7, 11) is 0. The van der Waals surface area contributed by atoms with Gasteiger partial charge in [-0.05, 0) is 23.8 Å². The summed E-state index contributed by atoms with van der Waals surface area (Å²) in [4.78, 5) is 5.19. The Morgan fingerprint density at radius 1 is 0.714 bits per heavy atom. The molecule has 2 nitrogen and oxygen atoms in total. The largest absolute Gasteiger partial charge is 0.301 e. The highest BCUT2D eigenvalue weighted by Crippen LogP contribution is 2.19. The average molecular weight is 293 g/mol. The maximum atomic E-state index is 3.34. The van der Waals surface area contributed by atoms with E-state index in [-0.39, 0.29) is 0 Å². The Morgan fingerprint density at radius 2 is 1.24 bits per heavy atom. The summed E-state index contributed by atoms with van der Waals surface area (Å²) in [6.45, 7) is 21.0. The van der Waals surface area contributed by atoms with Gasteiger partial charge in [-0.25, -0.2) is 0 Å². The van der Waals surface area contributed by atoms with Crippen LogP contribution in [0.15, 0.2) is 0 Å². The lowest BCUT2D eigenvalue weighted by Crippen LogP contribution is -2.47. The molecule has 0 spiro atoms. The Labute approximate surface area is 133 Å². The van der Waals surface area contributed by atoms with E-state index in [1.54, 1.807) is 0 Å². The molecule has 0 unspecified atom stereocenters. The Kier molecular flexibility index (Phi) is 7.24. The Morgan fingerprint density at radius 3 is 1.71 bits per heavy atom. The fourth-order valence-electron chi connectivity index (χ4n) is 2.36. The molecule has 0 radical (unpaired) electrons. The molecule has 1 aliphatic rings. The molecule has 21 heavy (non-hydrogen) atoms. The van der Waals surface area contributed by atoms with Gasteiger partial charge in [0.05, 0.1) is 0 Å². The molecule has 0 aromatic carbocycles. The third-order valence-electron chi connectivity index (χ3n) is 3.94. The summed E-state index contributed by atoms with van der Waals surface area (Å²) >= 11 is 0. The molecule has 1 fully saturated rings. The summed E-state index contributed by atoms with van der Waals surface area (Å²) in [6, 6.07) is 0. The SMILES string of the molecule is CC(C)(C)CC#CCCN1CCN(CCC(C)(C)C)CC1. The van der Waals surface area contributed by atoms with Crippen LogP contribution in [-0.4, -0.2) is 49.1 Å². The van der Waals surface area contributed by atoms with E-state index in [4.69, 9.17) is 0 Å². The van der Waals surface area contributed by atoms with Gasteiger partial charge in [-0.3, -0.25) is 4.90 Å². The van der Waals surface area contributed by atoms with Crippen molar-refractivity contribution < 1.29 is 0 Å². The summed E-state index contributed by atoms with van der Waals surface area (Å²) in [6.07, 6.45) is 3.33. The molecule has 0 amide bonds. The molecule has 0 atom stereocenters. The van der Waals surface area contributed by atoms with Crippen LogP contribution < -0.4 is 0 Å². The van der Waals surface area contributed by atoms with Gasteiger partial charge in [0, 0.05) is 45.6 Å². The fraction of sp³-hybridized carbons (Fsp3) is 0.895. The first kappa shape index (κ1) is 18.5. The van der Waals surface area contributed by atoms with Crippen molar-refractivity contribution in [2.45, 2.75) is 60.8 Å². The molecular weight excluding hydrogens is 256 g/mol. The van der Waals surface area contributed by atoms with E-state index in [0.717, 1.165) is 19.4 Å². The minimum absolute atomic E-state index is 0.339. The number of nitrogens with zero attached hydrogens (tertiary/aromatic N) is 2. The number of hydrogen-bond donors (Lipinski definition) is 0. The maximum Gasteiger partial charge on any atom is 0.0217 e. The first-order chi connectivity index (χ1) is 9.66. The van der Waals surface area contributed by atoms with Crippen molar-refractivity contribution >= 4 is 0 Å². The van der Waals surface area contributed by atoms with Gasteiger partial charge in [0.25, 0.3) is 0 Å². The van der Waals surface area contributed by atoms with Crippen LogP contribution in [0.25, 0.3) is 0 Å². The molecule has 122 valence electrons. The van der Waals surface area contributed by atoms with Crippen LogP contribution in [0.2, 0.25) is 0 Å². The van der Waals surface area contributed by atoms with Gasteiger partial charge in [-0.2, -0.15) is 0 Å². The smallest absolute Gasteiger partial charge is 0.0217 e. The maximum absolute atomic E-state index is 3.34. The van der Waals surface area contributed by atoms with Gasteiger partial charge in [0.2, 0.25) is 0 Å². The van der Waals surface area contributed by atoms with Gasteiger partial charge < -0.3 is 4.90 Å². The van der Waals surface area contributed by atoms with Crippen LogP contribution in [0.5, 0.6) is 0 Å². The van der Waals surface area contributed by atoms with Crippen LogP contribution in [0, 0.1) is 22.7 Å². The second kappa shape index (κ2) is 8.20. The first-order valence-corrected chi connectivity index (χ1v) is 8.56. The molecule has 1 aliphatic heterocycles. The molecule has 0 N–H and O–H groups in total. The predicted octanol–water partition coefficient (Wildman–Crippen LogP) is 3.87. The van der Waals surface area contributed by atoms with E-state index in [1.807, 2.05) is 0 Å². The van der Waals surface area contributed by atoms with Gasteiger partial charge in [0.1, 0.15) is 0 Å². The molecule has 2 heteroatoms. The first-order valence-electron chi connectivity index (χ1n) is 8.56. The highest BCUT2D eigenvalue weighted by Gasteiger charge is 2.18. The molecule has 0 aromatic rings. The predicted molar refractivity (Wildman–Crippen MR) is 93.4 cm³/mol. The van der Waals surface area contributed by atoms with Crippen LogP contribution in [0.1, 0.15) is 60.8 Å². The minimum Gasteiger partial charge on any atom is -0.301 e. The Hall–Kier alpha value is -0.520. The van der Waals surface area contributed by atoms with Crippen LogP contribution in [-0.2, 0) is 0 Å². The van der Waals surface area contributed by atoms with Crippen molar-refractivity contribution in [3.05, 3.63) is 0 Å². The van der Waals surface area contributed by atoms with Crippen molar-refractivity contribution in [2.75, 3.05) is 39.3 Å². The molecule has 0 aromatic heterocycles. The Bertz CT molecular complexity index is 340. The van der Waals surface area contributed by atoms with Crippen LogP contribution >= 0.6 is 0 Å². The summed E-state index contributed by atoms with van der Waals surface area (Å²) in [5.74, 6) is 6.66. The summed E-state index contributed by atoms with van der Waals surface area (Å²) < 4.78 is 0. The lowest BCUT2D eigenvalue weighted by atomic mass is 9.92. The molecule has 1 heterocycles. The number of piperazine rings is 1. The van der Waals surface area contributed by atoms with Gasteiger partial charge >= 0.3 is 0 Å². The monoisotopic (exact) mass is 292 g/mol. The third kappa shape index (κ3) is 9.93. The lowest BCUT2D eigenvalue weighted by Gasteiger charge is -2.35. The zero-order valence-electron chi connectivity index (χ0n) is 15.3. The second-order valence-corrected chi connectivity index (χ2v) is 8.83. The van der Waals surface area contributed by atoms with Crippen molar-refractivity contribution in [1.29, 1.82) is 0 Å².